The van der Waals surface area contributed by atoms with Crippen LogP contribution in [0, 0.1) is 5.82 Å². The maximum Gasteiger partial charge on any atom is 0.335 e. The van der Waals surface area contributed by atoms with E-state index >= 15 is 0 Å². The van der Waals surface area contributed by atoms with Gasteiger partial charge in [0.2, 0.25) is 10.0 Å². The number of carboxylic acids is 1. The van der Waals surface area contributed by atoms with Crippen LogP contribution in [0.5, 0.6) is 0 Å². The van der Waals surface area contributed by atoms with Crippen molar-refractivity contribution in [2.24, 2.45) is 0 Å². The zero-order chi connectivity index (χ0) is 15.7. The summed E-state index contributed by atoms with van der Waals surface area (Å²) in [6, 6.07) is 3.00. The standard InChI is InChI=1S/C13H16FNO5S/c1-20-13(5-2-6-13)8-21(18,19)15-11-4-3-9(12(16)17)7-10(11)14/h3-4,7,15H,2,5-6,8H2,1H3,(H,16,17). The van der Waals surface area contributed by atoms with Crippen molar-refractivity contribution in [1.29, 1.82) is 0 Å². The first-order valence-electron chi connectivity index (χ1n) is 6.35. The van der Waals surface area contributed by atoms with Crippen molar-refractivity contribution in [1.82, 2.24) is 0 Å². The molecule has 0 radical (unpaired) electrons. The summed E-state index contributed by atoms with van der Waals surface area (Å²) in [6.07, 6.45) is 2.18. The first-order chi connectivity index (χ1) is 9.77. The Morgan fingerprint density at radius 2 is 2.14 bits per heavy atom. The average Bonchev–Trinajstić information content (AvgIpc) is 2.36. The number of ether oxygens (including phenoxy) is 1. The number of benzene rings is 1. The maximum absolute atomic E-state index is 13.7. The second kappa shape index (κ2) is 5.61. The fraction of sp³-hybridized carbons (Fsp3) is 0.462. The van der Waals surface area contributed by atoms with E-state index in [1.807, 2.05) is 0 Å². The lowest BCUT2D eigenvalue weighted by Gasteiger charge is -2.39. The molecule has 0 aliphatic heterocycles. The van der Waals surface area contributed by atoms with Gasteiger partial charge in [0, 0.05) is 7.11 Å². The van der Waals surface area contributed by atoms with Crippen molar-refractivity contribution < 1.29 is 27.4 Å². The Labute approximate surface area is 122 Å². The molecule has 2 rings (SSSR count). The van der Waals surface area contributed by atoms with Crippen molar-refractivity contribution >= 4 is 21.7 Å². The number of sulfonamides is 1. The highest BCUT2D eigenvalue weighted by molar-refractivity contribution is 7.92. The number of methoxy groups -OCH3 is 1. The maximum atomic E-state index is 13.7. The molecule has 0 spiro atoms. The number of halogens is 1. The van der Waals surface area contributed by atoms with Gasteiger partial charge in [-0.25, -0.2) is 17.6 Å². The van der Waals surface area contributed by atoms with Crippen LogP contribution in [0.15, 0.2) is 18.2 Å². The SMILES string of the molecule is COC1(CS(=O)(=O)Nc2ccc(C(=O)O)cc2F)CCC1. The molecule has 1 aromatic carbocycles. The molecule has 1 fully saturated rings. The summed E-state index contributed by atoms with van der Waals surface area (Å²) in [4.78, 5) is 10.7. The van der Waals surface area contributed by atoms with Gasteiger partial charge in [-0.2, -0.15) is 0 Å². The largest absolute Gasteiger partial charge is 0.478 e. The first-order valence-corrected chi connectivity index (χ1v) is 8.01. The van der Waals surface area contributed by atoms with Gasteiger partial charge >= 0.3 is 5.97 Å². The highest BCUT2D eigenvalue weighted by Gasteiger charge is 2.41. The number of carbonyl (C=O) groups is 1. The van der Waals surface area contributed by atoms with E-state index in [4.69, 9.17) is 9.84 Å². The van der Waals surface area contributed by atoms with Gasteiger partial charge in [-0.05, 0) is 37.5 Å². The lowest BCUT2D eigenvalue weighted by molar-refractivity contribution is -0.0524. The molecule has 6 nitrogen and oxygen atoms in total. The molecule has 0 unspecified atom stereocenters. The van der Waals surface area contributed by atoms with Gasteiger partial charge in [0.05, 0.1) is 22.6 Å². The number of anilines is 1. The minimum Gasteiger partial charge on any atom is -0.478 e. The molecule has 0 heterocycles. The van der Waals surface area contributed by atoms with Gasteiger partial charge < -0.3 is 9.84 Å². The number of rotatable bonds is 6. The molecular weight excluding hydrogens is 301 g/mol. The van der Waals surface area contributed by atoms with Crippen molar-refractivity contribution in [3.63, 3.8) is 0 Å². The lowest BCUT2D eigenvalue weighted by Crippen LogP contribution is -2.46. The normalized spacial score (nSPS) is 17.0. The van der Waals surface area contributed by atoms with Crippen molar-refractivity contribution in [2.45, 2.75) is 24.9 Å². The topological polar surface area (TPSA) is 92.7 Å². The number of carboxylic acid groups (broad SMARTS) is 1. The Morgan fingerprint density at radius 3 is 2.57 bits per heavy atom. The Morgan fingerprint density at radius 1 is 1.48 bits per heavy atom. The van der Waals surface area contributed by atoms with Crippen LogP contribution in [-0.2, 0) is 14.8 Å². The van der Waals surface area contributed by atoms with Crippen LogP contribution in [-0.4, -0.2) is 38.0 Å². The third-order valence-electron chi connectivity index (χ3n) is 3.63. The van der Waals surface area contributed by atoms with Crippen molar-refractivity contribution in [3.8, 4) is 0 Å². The monoisotopic (exact) mass is 317 g/mol. The van der Waals surface area contributed by atoms with Gasteiger partial charge in [-0.1, -0.05) is 0 Å². The summed E-state index contributed by atoms with van der Waals surface area (Å²) in [6.45, 7) is 0. The molecule has 0 amide bonds. The van der Waals surface area contributed by atoms with Crippen molar-refractivity contribution in [2.75, 3.05) is 17.6 Å². The fourth-order valence-electron chi connectivity index (χ4n) is 2.26. The molecule has 1 aromatic rings. The van der Waals surface area contributed by atoms with E-state index in [9.17, 15) is 17.6 Å². The minimum atomic E-state index is -3.78. The lowest BCUT2D eigenvalue weighted by atomic mass is 9.82. The van der Waals surface area contributed by atoms with Crippen LogP contribution in [0.3, 0.4) is 0 Å². The number of nitrogens with one attached hydrogen (secondary N) is 1. The zero-order valence-electron chi connectivity index (χ0n) is 11.4. The van der Waals surface area contributed by atoms with Crippen LogP contribution in [0.1, 0.15) is 29.6 Å². The zero-order valence-corrected chi connectivity index (χ0v) is 12.2. The molecular formula is C13H16FNO5S. The summed E-state index contributed by atoms with van der Waals surface area (Å²) in [5, 5.41) is 8.74. The van der Waals surface area contributed by atoms with Crippen LogP contribution >= 0.6 is 0 Å². The second-order valence-electron chi connectivity index (χ2n) is 5.10. The highest BCUT2D eigenvalue weighted by atomic mass is 32.2. The van der Waals surface area contributed by atoms with Crippen LogP contribution in [0.4, 0.5) is 10.1 Å². The Balaban J connectivity index is 2.15. The molecule has 8 heteroatoms. The van der Waals surface area contributed by atoms with E-state index < -0.39 is 27.4 Å². The number of hydrogen-bond donors (Lipinski definition) is 2. The van der Waals surface area contributed by atoms with Gasteiger partial charge in [-0.3, -0.25) is 4.72 Å². The molecule has 2 N–H and O–H groups in total. The number of aromatic carboxylic acids is 1. The molecule has 1 saturated carbocycles. The van der Waals surface area contributed by atoms with Gasteiger partial charge in [0.15, 0.2) is 0 Å². The molecule has 21 heavy (non-hydrogen) atoms. The van der Waals surface area contributed by atoms with E-state index in [1.165, 1.54) is 7.11 Å². The molecule has 1 aliphatic carbocycles. The highest BCUT2D eigenvalue weighted by Crippen LogP contribution is 2.36. The van der Waals surface area contributed by atoms with E-state index in [-0.39, 0.29) is 17.0 Å². The first kappa shape index (κ1) is 15.7. The molecule has 116 valence electrons. The third kappa shape index (κ3) is 3.51. The number of hydrogen-bond acceptors (Lipinski definition) is 4. The van der Waals surface area contributed by atoms with Crippen molar-refractivity contribution in [3.05, 3.63) is 29.6 Å². The van der Waals surface area contributed by atoms with Gasteiger partial charge in [0.25, 0.3) is 0 Å². The molecule has 0 saturated heterocycles. The predicted molar refractivity (Wildman–Crippen MR) is 74.4 cm³/mol. The minimum absolute atomic E-state index is 0.247. The third-order valence-corrected chi connectivity index (χ3v) is 5.07. The Bertz CT molecular complexity index is 649. The fourth-order valence-corrected chi connectivity index (χ4v) is 3.93. The average molecular weight is 317 g/mol. The second-order valence-corrected chi connectivity index (χ2v) is 6.82. The van der Waals surface area contributed by atoms with Crippen LogP contribution in [0.2, 0.25) is 0 Å². The predicted octanol–water partition coefficient (Wildman–Crippen LogP) is 1.83. The molecule has 0 aromatic heterocycles. The summed E-state index contributed by atoms with van der Waals surface area (Å²) in [5.41, 5.74) is -1.23. The van der Waals surface area contributed by atoms with Gasteiger partial charge in [-0.15, -0.1) is 0 Å². The molecule has 0 bridgehead atoms. The molecule has 1 aliphatic rings. The van der Waals surface area contributed by atoms with Crippen LogP contribution in [0.25, 0.3) is 0 Å². The summed E-state index contributed by atoms with van der Waals surface area (Å²) < 4.78 is 45.2. The molecule has 0 atom stereocenters. The smallest absolute Gasteiger partial charge is 0.335 e. The van der Waals surface area contributed by atoms with Crippen LogP contribution < -0.4 is 4.72 Å². The summed E-state index contributed by atoms with van der Waals surface area (Å²) in [5.74, 6) is -2.47. The summed E-state index contributed by atoms with van der Waals surface area (Å²) in [7, 11) is -2.33. The van der Waals surface area contributed by atoms with E-state index in [1.54, 1.807) is 0 Å². The van der Waals surface area contributed by atoms with E-state index in [2.05, 4.69) is 4.72 Å². The Kier molecular flexibility index (Phi) is 4.20. The van der Waals surface area contributed by atoms with E-state index in [0.717, 1.165) is 24.6 Å². The Hall–Kier alpha value is -1.67. The van der Waals surface area contributed by atoms with E-state index in [0.29, 0.717) is 12.8 Å². The quantitative estimate of drug-likeness (QED) is 0.835. The van der Waals surface area contributed by atoms with Gasteiger partial charge in [0.1, 0.15) is 5.82 Å². The summed E-state index contributed by atoms with van der Waals surface area (Å²) >= 11 is 0.